The Hall–Kier alpha value is -2.43. The number of ether oxygens (including phenoxy) is 1. The predicted molar refractivity (Wildman–Crippen MR) is 79.8 cm³/mol. The van der Waals surface area contributed by atoms with Gasteiger partial charge in [0.1, 0.15) is 5.82 Å². The third-order valence-corrected chi connectivity index (χ3v) is 3.21. The van der Waals surface area contributed by atoms with E-state index in [1.165, 1.54) is 31.4 Å². The Bertz CT molecular complexity index is 659. The molecule has 3 nitrogen and oxygen atoms in total. The zero-order valence-electron chi connectivity index (χ0n) is 12.2. The van der Waals surface area contributed by atoms with Crippen LogP contribution >= 0.6 is 0 Å². The van der Waals surface area contributed by atoms with Crippen molar-refractivity contribution in [3.63, 3.8) is 0 Å². The molecule has 0 radical (unpaired) electrons. The van der Waals surface area contributed by atoms with E-state index in [0.717, 1.165) is 5.56 Å². The standard InChI is InChI=1S/C17H17F2NO2/c1-22-16-6-5-13(10-15(16)19)11-17(21)20-8-7-12-3-2-4-14(18)9-12/h2-6,9-10H,7-8,11H2,1H3,(H,20,21). The molecular weight excluding hydrogens is 288 g/mol. The van der Waals surface area contributed by atoms with Crippen LogP contribution in [0.5, 0.6) is 5.75 Å². The van der Waals surface area contributed by atoms with Gasteiger partial charge in [0.25, 0.3) is 0 Å². The van der Waals surface area contributed by atoms with E-state index in [0.29, 0.717) is 18.5 Å². The van der Waals surface area contributed by atoms with E-state index >= 15 is 0 Å². The second kappa shape index (κ2) is 7.54. The molecule has 0 fully saturated rings. The van der Waals surface area contributed by atoms with Crippen molar-refractivity contribution in [2.45, 2.75) is 12.8 Å². The maximum atomic E-state index is 13.5. The summed E-state index contributed by atoms with van der Waals surface area (Å²) in [5.74, 6) is -0.846. The molecule has 2 aromatic rings. The summed E-state index contributed by atoms with van der Waals surface area (Å²) in [5, 5.41) is 2.73. The van der Waals surface area contributed by atoms with Crippen LogP contribution in [-0.2, 0) is 17.6 Å². The Morgan fingerprint density at radius 3 is 2.64 bits per heavy atom. The number of hydrogen-bond acceptors (Lipinski definition) is 2. The fraction of sp³-hybridized carbons (Fsp3) is 0.235. The highest BCUT2D eigenvalue weighted by molar-refractivity contribution is 5.78. The molecule has 0 aliphatic rings. The Labute approximate surface area is 127 Å². The van der Waals surface area contributed by atoms with Gasteiger partial charge in [0.2, 0.25) is 5.91 Å². The number of amides is 1. The fourth-order valence-electron chi connectivity index (χ4n) is 2.11. The molecule has 2 aromatic carbocycles. The normalized spacial score (nSPS) is 10.3. The Morgan fingerprint density at radius 1 is 1.14 bits per heavy atom. The quantitative estimate of drug-likeness (QED) is 0.891. The number of benzene rings is 2. The van der Waals surface area contributed by atoms with Gasteiger partial charge in [0.15, 0.2) is 11.6 Å². The lowest BCUT2D eigenvalue weighted by Gasteiger charge is -2.07. The Kier molecular flexibility index (Phi) is 5.47. The topological polar surface area (TPSA) is 38.3 Å². The van der Waals surface area contributed by atoms with Gasteiger partial charge in [-0.15, -0.1) is 0 Å². The number of methoxy groups -OCH3 is 1. The zero-order chi connectivity index (χ0) is 15.9. The van der Waals surface area contributed by atoms with Gasteiger partial charge in [-0.2, -0.15) is 0 Å². The van der Waals surface area contributed by atoms with E-state index in [4.69, 9.17) is 4.74 Å². The lowest BCUT2D eigenvalue weighted by Crippen LogP contribution is -2.27. The Morgan fingerprint density at radius 2 is 1.95 bits per heavy atom. The molecule has 0 aliphatic heterocycles. The third kappa shape index (κ3) is 4.55. The SMILES string of the molecule is COc1ccc(CC(=O)NCCc2cccc(F)c2)cc1F. The van der Waals surface area contributed by atoms with Gasteiger partial charge in [-0.25, -0.2) is 8.78 Å². The molecule has 116 valence electrons. The maximum Gasteiger partial charge on any atom is 0.224 e. The minimum Gasteiger partial charge on any atom is -0.494 e. The fourth-order valence-corrected chi connectivity index (χ4v) is 2.11. The van der Waals surface area contributed by atoms with Crippen molar-refractivity contribution in [2.75, 3.05) is 13.7 Å². The van der Waals surface area contributed by atoms with Crippen LogP contribution in [0.3, 0.4) is 0 Å². The number of halogens is 2. The zero-order valence-corrected chi connectivity index (χ0v) is 12.2. The van der Waals surface area contributed by atoms with Crippen molar-refractivity contribution >= 4 is 5.91 Å². The Balaban J connectivity index is 1.82. The summed E-state index contributed by atoms with van der Waals surface area (Å²) in [6.45, 7) is 0.404. The van der Waals surface area contributed by atoms with Gasteiger partial charge in [-0.05, 0) is 41.8 Å². The highest BCUT2D eigenvalue weighted by atomic mass is 19.1. The van der Waals surface area contributed by atoms with Gasteiger partial charge in [-0.1, -0.05) is 18.2 Å². The number of rotatable bonds is 6. The molecule has 1 N–H and O–H groups in total. The van der Waals surface area contributed by atoms with E-state index in [1.807, 2.05) is 0 Å². The molecule has 0 aliphatic carbocycles. The number of carbonyl (C=O) groups excluding carboxylic acids is 1. The monoisotopic (exact) mass is 305 g/mol. The van der Waals surface area contributed by atoms with Crippen molar-refractivity contribution < 1.29 is 18.3 Å². The average molecular weight is 305 g/mol. The van der Waals surface area contributed by atoms with E-state index in [9.17, 15) is 13.6 Å². The number of nitrogens with one attached hydrogen (secondary N) is 1. The van der Waals surface area contributed by atoms with Crippen LogP contribution in [0.25, 0.3) is 0 Å². The van der Waals surface area contributed by atoms with Crippen LogP contribution in [0.1, 0.15) is 11.1 Å². The molecule has 22 heavy (non-hydrogen) atoms. The van der Waals surface area contributed by atoms with Crippen LogP contribution in [-0.4, -0.2) is 19.6 Å². The number of carbonyl (C=O) groups is 1. The minimum absolute atomic E-state index is 0.0874. The molecule has 5 heteroatoms. The predicted octanol–water partition coefficient (Wildman–Crippen LogP) is 2.87. The molecule has 0 bridgehead atoms. The number of hydrogen-bond donors (Lipinski definition) is 1. The van der Waals surface area contributed by atoms with Crippen LogP contribution in [0.4, 0.5) is 8.78 Å². The van der Waals surface area contributed by atoms with Gasteiger partial charge in [0.05, 0.1) is 13.5 Å². The molecule has 0 spiro atoms. The summed E-state index contributed by atoms with van der Waals surface area (Å²) in [6.07, 6.45) is 0.630. The van der Waals surface area contributed by atoms with E-state index in [-0.39, 0.29) is 23.9 Å². The first kappa shape index (κ1) is 15.9. The van der Waals surface area contributed by atoms with Crippen molar-refractivity contribution in [3.8, 4) is 5.75 Å². The summed E-state index contributed by atoms with van der Waals surface area (Å²) in [7, 11) is 1.39. The van der Waals surface area contributed by atoms with Crippen molar-refractivity contribution in [1.29, 1.82) is 0 Å². The molecule has 0 aromatic heterocycles. The largest absolute Gasteiger partial charge is 0.494 e. The molecule has 0 atom stereocenters. The van der Waals surface area contributed by atoms with Crippen molar-refractivity contribution in [3.05, 3.63) is 65.2 Å². The van der Waals surface area contributed by atoms with E-state index in [2.05, 4.69) is 5.32 Å². The molecule has 2 rings (SSSR count). The molecular formula is C17H17F2NO2. The smallest absolute Gasteiger partial charge is 0.224 e. The second-order valence-electron chi connectivity index (χ2n) is 4.88. The molecule has 0 unspecified atom stereocenters. The van der Waals surface area contributed by atoms with Crippen LogP contribution in [0, 0.1) is 11.6 Å². The summed E-state index contributed by atoms with van der Waals surface area (Å²) in [6, 6.07) is 10.7. The van der Waals surface area contributed by atoms with Crippen LogP contribution in [0.2, 0.25) is 0 Å². The summed E-state index contributed by atoms with van der Waals surface area (Å²) in [4.78, 5) is 11.8. The first-order valence-corrected chi connectivity index (χ1v) is 6.92. The third-order valence-electron chi connectivity index (χ3n) is 3.21. The summed E-state index contributed by atoms with van der Waals surface area (Å²) >= 11 is 0. The van der Waals surface area contributed by atoms with Crippen LogP contribution < -0.4 is 10.1 Å². The van der Waals surface area contributed by atoms with Gasteiger partial charge in [0, 0.05) is 6.54 Å². The highest BCUT2D eigenvalue weighted by Crippen LogP contribution is 2.17. The second-order valence-corrected chi connectivity index (χ2v) is 4.88. The molecule has 0 heterocycles. The molecule has 0 saturated heterocycles. The lowest BCUT2D eigenvalue weighted by molar-refractivity contribution is -0.120. The highest BCUT2D eigenvalue weighted by Gasteiger charge is 2.07. The van der Waals surface area contributed by atoms with Gasteiger partial charge < -0.3 is 10.1 Å². The summed E-state index contributed by atoms with van der Waals surface area (Å²) < 4.78 is 31.3. The van der Waals surface area contributed by atoms with E-state index in [1.54, 1.807) is 18.2 Å². The first-order valence-electron chi connectivity index (χ1n) is 6.92. The van der Waals surface area contributed by atoms with Crippen molar-refractivity contribution in [1.82, 2.24) is 5.32 Å². The van der Waals surface area contributed by atoms with Crippen molar-refractivity contribution in [2.24, 2.45) is 0 Å². The van der Waals surface area contributed by atoms with Crippen LogP contribution in [0.15, 0.2) is 42.5 Å². The first-order chi connectivity index (χ1) is 10.6. The lowest BCUT2D eigenvalue weighted by atomic mass is 10.1. The molecule has 0 saturated carbocycles. The average Bonchev–Trinajstić information content (AvgIpc) is 2.47. The summed E-state index contributed by atoms with van der Waals surface area (Å²) in [5.41, 5.74) is 1.39. The van der Waals surface area contributed by atoms with Gasteiger partial charge >= 0.3 is 0 Å². The minimum atomic E-state index is -0.493. The van der Waals surface area contributed by atoms with E-state index < -0.39 is 5.82 Å². The molecule has 1 amide bonds. The van der Waals surface area contributed by atoms with Gasteiger partial charge in [-0.3, -0.25) is 4.79 Å². The maximum absolute atomic E-state index is 13.5.